The van der Waals surface area contributed by atoms with Crippen molar-refractivity contribution in [3.63, 3.8) is 0 Å². The lowest BCUT2D eigenvalue weighted by atomic mass is 9.77. The van der Waals surface area contributed by atoms with Gasteiger partial charge in [0.1, 0.15) is 17.2 Å². The first kappa shape index (κ1) is 37.9. The number of ether oxygens (including phenoxy) is 5. The second-order valence-corrected chi connectivity index (χ2v) is 14.7. The van der Waals surface area contributed by atoms with E-state index in [9.17, 15) is 5.11 Å². The molecule has 2 fully saturated rings. The third kappa shape index (κ3) is 8.32. The van der Waals surface area contributed by atoms with E-state index < -0.39 is 0 Å². The smallest absolute Gasteiger partial charge is 0.203 e. The van der Waals surface area contributed by atoms with E-state index in [1.54, 1.807) is 35.5 Å². The van der Waals surface area contributed by atoms with Crippen molar-refractivity contribution in [1.29, 1.82) is 0 Å². The number of rotatable bonds is 14. The van der Waals surface area contributed by atoms with E-state index in [4.69, 9.17) is 28.7 Å². The summed E-state index contributed by atoms with van der Waals surface area (Å²) in [7, 11) is 8.28. The molecule has 1 aliphatic carbocycles. The summed E-state index contributed by atoms with van der Waals surface area (Å²) in [6.45, 7) is 5.55. The highest BCUT2D eigenvalue weighted by Crippen LogP contribution is 2.43. The fourth-order valence-electron chi connectivity index (χ4n) is 8.03. The van der Waals surface area contributed by atoms with Crippen molar-refractivity contribution in [2.45, 2.75) is 64.1 Å². The zero-order chi connectivity index (χ0) is 38.5. The largest absolute Gasteiger partial charge is 0.508 e. The van der Waals surface area contributed by atoms with Gasteiger partial charge in [-0.3, -0.25) is 9.88 Å². The molecule has 1 N–H and O–H groups in total. The van der Waals surface area contributed by atoms with Crippen LogP contribution in [0.25, 0.3) is 22.4 Å². The maximum Gasteiger partial charge on any atom is 0.203 e. The molecule has 0 bridgehead atoms. The minimum Gasteiger partial charge on any atom is -0.508 e. The number of nitrogens with zero attached hydrogens (tertiary/aromatic N) is 3. The predicted octanol–water partition coefficient (Wildman–Crippen LogP) is 9.41. The quantitative estimate of drug-likeness (QED) is 0.120. The third-order valence-corrected chi connectivity index (χ3v) is 11.5. The molecule has 1 saturated heterocycles. The van der Waals surface area contributed by atoms with E-state index in [1.165, 1.54) is 36.0 Å². The highest BCUT2D eigenvalue weighted by molar-refractivity contribution is 5.71. The van der Waals surface area contributed by atoms with Gasteiger partial charge in [0.05, 0.1) is 41.2 Å². The molecule has 1 aliphatic heterocycles. The molecule has 1 aromatic heterocycles. The molecular formula is C46H53N3O6. The number of likely N-dealkylation sites (tertiary alicyclic amines) is 1. The highest BCUT2D eigenvalue weighted by Gasteiger charge is 2.27. The van der Waals surface area contributed by atoms with Gasteiger partial charge < -0.3 is 33.7 Å². The van der Waals surface area contributed by atoms with Gasteiger partial charge in [-0.25, -0.2) is 0 Å². The van der Waals surface area contributed by atoms with Crippen LogP contribution in [-0.2, 0) is 13.1 Å². The molecule has 2 heterocycles. The third-order valence-electron chi connectivity index (χ3n) is 11.5. The van der Waals surface area contributed by atoms with E-state index in [0.717, 1.165) is 84.2 Å². The summed E-state index contributed by atoms with van der Waals surface area (Å²) in [5.41, 5.74) is 9.73. The van der Waals surface area contributed by atoms with Gasteiger partial charge in [-0.15, -0.1) is 0 Å². The van der Waals surface area contributed by atoms with Crippen molar-refractivity contribution in [3.8, 4) is 56.9 Å². The number of anilines is 1. The first-order chi connectivity index (χ1) is 26.8. The number of phenols is 1. The Morgan fingerprint density at radius 3 is 1.95 bits per heavy atom. The van der Waals surface area contributed by atoms with Crippen LogP contribution in [0, 0.1) is 6.92 Å². The number of hydrogen-bond donors (Lipinski definition) is 1. The summed E-state index contributed by atoms with van der Waals surface area (Å²) in [5.74, 6) is 4.27. The number of phenolic OH excluding ortho intramolecular Hbond substituents is 1. The van der Waals surface area contributed by atoms with Crippen LogP contribution in [0.4, 0.5) is 5.69 Å². The minimum atomic E-state index is 0.316. The van der Waals surface area contributed by atoms with Crippen molar-refractivity contribution in [1.82, 2.24) is 9.88 Å². The Morgan fingerprint density at radius 1 is 0.691 bits per heavy atom. The monoisotopic (exact) mass is 743 g/mol. The molecular weight excluding hydrogens is 691 g/mol. The average Bonchev–Trinajstić information content (AvgIpc) is 3.20. The van der Waals surface area contributed by atoms with Crippen LogP contribution in [0.15, 0.2) is 85.1 Å². The summed E-state index contributed by atoms with van der Waals surface area (Å²) in [6.07, 6.45) is 7.57. The summed E-state index contributed by atoms with van der Waals surface area (Å²) in [5, 5.41) is 10.8. The molecule has 0 atom stereocenters. The standard InChI is InChI=1S/C46H53N3O6/c1-30-41(34-8-7-9-34)21-36(22-43(30)50)42-20-32(14-17-47-42)28-48-18-15-37(16-19-48)49(38-25-39(51-2)27-40(26-38)52-3)29-31-10-12-33(13-11-31)35-23-44(53-4)46(55-6)45(24-35)54-5/h10-14,17,20-27,34,37,50H,7-9,15-16,18-19,28-29H2,1-6H3. The normalized spacial score (nSPS) is 14.9. The Kier molecular flexibility index (Phi) is 11.7. The Labute approximate surface area is 325 Å². The Bertz CT molecular complexity index is 2040. The fraction of sp³-hybridized carbons (Fsp3) is 0.370. The van der Waals surface area contributed by atoms with Gasteiger partial charge in [0.15, 0.2) is 11.5 Å². The van der Waals surface area contributed by atoms with E-state index in [-0.39, 0.29) is 0 Å². The molecule has 7 rings (SSSR count). The molecule has 288 valence electrons. The molecule has 1 saturated carbocycles. The summed E-state index contributed by atoms with van der Waals surface area (Å²) in [4.78, 5) is 9.77. The number of piperidine rings is 1. The summed E-state index contributed by atoms with van der Waals surface area (Å²) >= 11 is 0. The molecule has 0 spiro atoms. The van der Waals surface area contributed by atoms with Crippen molar-refractivity contribution in [3.05, 3.63) is 107 Å². The maximum absolute atomic E-state index is 10.8. The zero-order valence-corrected chi connectivity index (χ0v) is 32.9. The number of hydrogen-bond acceptors (Lipinski definition) is 9. The zero-order valence-electron chi connectivity index (χ0n) is 32.9. The number of pyridine rings is 1. The van der Waals surface area contributed by atoms with Crippen LogP contribution >= 0.6 is 0 Å². The van der Waals surface area contributed by atoms with Crippen LogP contribution in [0.2, 0.25) is 0 Å². The van der Waals surface area contributed by atoms with E-state index in [2.05, 4.69) is 64.4 Å². The first-order valence-electron chi connectivity index (χ1n) is 19.2. The maximum atomic E-state index is 10.8. The topological polar surface area (TPSA) is 85.8 Å². The highest BCUT2D eigenvalue weighted by atomic mass is 16.5. The minimum absolute atomic E-state index is 0.316. The fourth-order valence-corrected chi connectivity index (χ4v) is 8.03. The van der Waals surface area contributed by atoms with Gasteiger partial charge >= 0.3 is 0 Å². The van der Waals surface area contributed by atoms with E-state index >= 15 is 0 Å². The SMILES string of the molecule is COc1cc(OC)cc(N(Cc2ccc(-c3cc(OC)c(OC)c(OC)c3)cc2)C2CCN(Cc3ccnc(-c4cc(O)c(C)c(C5CCC5)c4)c3)CC2)c1. The number of aromatic nitrogens is 1. The van der Waals surface area contributed by atoms with Crippen molar-refractivity contribution >= 4 is 5.69 Å². The summed E-state index contributed by atoms with van der Waals surface area (Å²) < 4.78 is 28.2. The van der Waals surface area contributed by atoms with Crippen molar-refractivity contribution in [2.24, 2.45) is 0 Å². The average molecular weight is 744 g/mol. The molecule has 5 aromatic rings. The predicted molar refractivity (Wildman–Crippen MR) is 218 cm³/mol. The van der Waals surface area contributed by atoms with Crippen molar-refractivity contribution in [2.75, 3.05) is 53.5 Å². The molecule has 0 unspecified atom stereocenters. The number of aromatic hydroxyl groups is 1. The van der Waals surface area contributed by atoms with Crippen LogP contribution in [-0.4, -0.2) is 69.7 Å². The Balaban J connectivity index is 1.08. The van der Waals surface area contributed by atoms with E-state index in [0.29, 0.717) is 35.0 Å². The van der Waals surface area contributed by atoms with Gasteiger partial charge in [-0.05, 0) is 108 Å². The summed E-state index contributed by atoms with van der Waals surface area (Å²) in [6, 6.07) is 27.5. The van der Waals surface area contributed by atoms with Gasteiger partial charge in [-0.2, -0.15) is 0 Å². The Hall–Kier alpha value is -5.41. The Morgan fingerprint density at radius 2 is 1.36 bits per heavy atom. The second kappa shape index (κ2) is 16.9. The lowest BCUT2D eigenvalue weighted by Crippen LogP contribution is -2.44. The van der Waals surface area contributed by atoms with Crippen molar-refractivity contribution < 1.29 is 28.8 Å². The lowest BCUT2D eigenvalue weighted by Gasteiger charge is -2.40. The molecule has 0 amide bonds. The molecule has 2 aliphatic rings. The van der Waals surface area contributed by atoms with Gasteiger partial charge in [0.25, 0.3) is 0 Å². The molecule has 0 radical (unpaired) electrons. The van der Waals surface area contributed by atoms with Crippen LogP contribution in [0.5, 0.6) is 34.5 Å². The molecule has 9 nitrogen and oxygen atoms in total. The molecule has 4 aromatic carbocycles. The van der Waals surface area contributed by atoms with E-state index in [1.807, 2.05) is 37.4 Å². The number of methoxy groups -OCH3 is 5. The van der Waals surface area contributed by atoms with Crippen LogP contribution in [0.1, 0.15) is 60.3 Å². The lowest BCUT2D eigenvalue weighted by molar-refractivity contribution is 0.201. The van der Waals surface area contributed by atoms with Crippen LogP contribution in [0.3, 0.4) is 0 Å². The second-order valence-electron chi connectivity index (χ2n) is 14.7. The van der Waals surface area contributed by atoms with Gasteiger partial charge in [0.2, 0.25) is 5.75 Å². The first-order valence-corrected chi connectivity index (χ1v) is 19.2. The number of benzene rings is 4. The van der Waals surface area contributed by atoms with Gasteiger partial charge in [-0.1, -0.05) is 30.7 Å². The molecule has 55 heavy (non-hydrogen) atoms. The molecule has 9 heteroatoms. The van der Waals surface area contributed by atoms with Crippen LogP contribution < -0.4 is 28.6 Å². The van der Waals surface area contributed by atoms with Gasteiger partial charge in [0, 0.05) is 67.9 Å².